The molecule has 0 atom stereocenters. The summed E-state index contributed by atoms with van der Waals surface area (Å²) in [6.07, 6.45) is 1.00. The molecule has 0 radical (unpaired) electrons. The first-order chi connectivity index (χ1) is 10.1. The molecule has 0 saturated heterocycles. The standard InChI is InChI=1S/C21H28S/c1-20(2,3)18-11-7-16(8-12-18)15-17-9-13-19(14-10-17)22-21(4,5)6/h7-14H,15H2,1-6H3. The number of hydrogen-bond donors (Lipinski definition) is 0. The van der Waals surface area contributed by atoms with E-state index in [0.29, 0.717) is 0 Å². The van der Waals surface area contributed by atoms with E-state index in [4.69, 9.17) is 0 Å². The van der Waals surface area contributed by atoms with Gasteiger partial charge in [-0.2, -0.15) is 0 Å². The van der Waals surface area contributed by atoms with Gasteiger partial charge in [-0.3, -0.25) is 0 Å². The van der Waals surface area contributed by atoms with Crippen LogP contribution in [-0.4, -0.2) is 4.75 Å². The van der Waals surface area contributed by atoms with Crippen molar-refractivity contribution in [1.29, 1.82) is 0 Å². The molecule has 0 saturated carbocycles. The van der Waals surface area contributed by atoms with Crippen LogP contribution in [0.5, 0.6) is 0 Å². The van der Waals surface area contributed by atoms with E-state index in [-0.39, 0.29) is 10.2 Å². The van der Waals surface area contributed by atoms with E-state index in [0.717, 1.165) is 6.42 Å². The molecule has 2 aromatic rings. The lowest BCUT2D eigenvalue weighted by molar-refractivity contribution is 0.590. The summed E-state index contributed by atoms with van der Waals surface area (Å²) < 4.78 is 0.268. The minimum atomic E-state index is 0.227. The van der Waals surface area contributed by atoms with Crippen LogP contribution >= 0.6 is 11.8 Å². The number of thioether (sulfide) groups is 1. The Kier molecular flexibility index (Phi) is 5.07. The maximum atomic E-state index is 2.26. The van der Waals surface area contributed by atoms with Gasteiger partial charge in [-0.05, 0) is 40.7 Å². The smallest absolute Gasteiger partial charge is 0.0122 e. The molecule has 0 aromatic heterocycles. The fourth-order valence-corrected chi connectivity index (χ4v) is 3.37. The summed E-state index contributed by atoms with van der Waals surface area (Å²) in [5, 5.41) is 0. The molecule has 0 fully saturated rings. The van der Waals surface area contributed by atoms with Gasteiger partial charge in [0, 0.05) is 9.64 Å². The topological polar surface area (TPSA) is 0 Å². The Morgan fingerprint density at radius 1 is 0.682 bits per heavy atom. The summed E-state index contributed by atoms with van der Waals surface area (Å²) in [5.41, 5.74) is 4.38. The van der Waals surface area contributed by atoms with E-state index in [1.54, 1.807) is 0 Å². The van der Waals surface area contributed by atoms with Crippen LogP contribution < -0.4 is 0 Å². The van der Waals surface area contributed by atoms with E-state index < -0.39 is 0 Å². The monoisotopic (exact) mass is 312 g/mol. The highest BCUT2D eigenvalue weighted by Gasteiger charge is 2.13. The number of benzene rings is 2. The van der Waals surface area contributed by atoms with Gasteiger partial charge >= 0.3 is 0 Å². The van der Waals surface area contributed by atoms with Gasteiger partial charge in [0.1, 0.15) is 0 Å². The number of hydrogen-bond acceptors (Lipinski definition) is 1. The minimum Gasteiger partial charge on any atom is -0.120 e. The first kappa shape index (κ1) is 17.1. The Morgan fingerprint density at radius 3 is 1.55 bits per heavy atom. The highest BCUT2D eigenvalue weighted by Crippen LogP contribution is 2.32. The first-order valence-corrected chi connectivity index (χ1v) is 8.82. The third-order valence-electron chi connectivity index (χ3n) is 3.58. The minimum absolute atomic E-state index is 0.227. The quantitative estimate of drug-likeness (QED) is 0.586. The van der Waals surface area contributed by atoms with Crippen molar-refractivity contribution in [3.8, 4) is 0 Å². The molecule has 2 rings (SSSR count). The van der Waals surface area contributed by atoms with Crippen molar-refractivity contribution < 1.29 is 0 Å². The molecular weight excluding hydrogens is 284 g/mol. The lowest BCUT2D eigenvalue weighted by Crippen LogP contribution is -2.10. The summed E-state index contributed by atoms with van der Waals surface area (Å²) in [6, 6.07) is 18.1. The van der Waals surface area contributed by atoms with E-state index >= 15 is 0 Å². The molecule has 0 spiro atoms. The van der Waals surface area contributed by atoms with Gasteiger partial charge in [0.15, 0.2) is 0 Å². The normalized spacial score (nSPS) is 12.5. The van der Waals surface area contributed by atoms with E-state index in [1.165, 1.54) is 21.6 Å². The van der Waals surface area contributed by atoms with Crippen molar-refractivity contribution >= 4 is 11.8 Å². The molecule has 2 aromatic carbocycles. The number of rotatable bonds is 3. The third kappa shape index (κ3) is 5.21. The lowest BCUT2D eigenvalue weighted by Gasteiger charge is -2.19. The molecule has 0 heterocycles. The van der Waals surface area contributed by atoms with E-state index in [9.17, 15) is 0 Å². The van der Waals surface area contributed by atoms with Crippen molar-refractivity contribution in [3.63, 3.8) is 0 Å². The predicted octanol–water partition coefficient (Wildman–Crippen LogP) is 6.47. The van der Waals surface area contributed by atoms with Crippen molar-refractivity contribution in [2.75, 3.05) is 0 Å². The Bertz CT molecular complexity index is 592. The second-order valence-electron chi connectivity index (χ2n) is 7.98. The van der Waals surface area contributed by atoms with Crippen LogP contribution in [0.2, 0.25) is 0 Å². The molecule has 0 aliphatic heterocycles. The zero-order valence-electron chi connectivity index (χ0n) is 14.7. The molecule has 22 heavy (non-hydrogen) atoms. The fraction of sp³-hybridized carbons (Fsp3) is 0.429. The highest BCUT2D eigenvalue weighted by atomic mass is 32.2. The van der Waals surface area contributed by atoms with Gasteiger partial charge in [-0.15, -0.1) is 11.8 Å². The van der Waals surface area contributed by atoms with Gasteiger partial charge < -0.3 is 0 Å². The maximum Gasteiger partial charge on any atom is 0.0122 e. The van der Waals surface area contributed by atoms with Crippen LogP contribution in [-0.2, 0) is 11.8 Å². The molecule has 0 aliphatic carbocycles. The maximum absolute atomic E-state index is 2.26. The second kappa shape index (κ2) is 6.50. The molecule has 0 amide bonds. The summed E-state index contributed by atoms with van der Waals surface area (Å²) >= 11 is 1.92. The van der Waals surface area contributed by atoms with E-state index in [2.05, 4.69) is 90.1 Å². The van der Waals surface area contributed by atoms with Gasteiger partial charge in [0.05, 0.1) is 0 Å². The van der Waals surface area contributed by atoms with Crippen LogP contribution in [0.15, 0.2) is 53.4 Å². The zero-order valence-corrected chi connectivity index (χ0v) is 15.6. The summed E-state index contributed by atoms with van der Waals surface area (Å²) in [5.74, 6) is 0. The van der Waals surface area contributed by atoms with Crippen molar-refractivity contribution in [1.82, 2.24) is 0 Å². The molecule has 0 unspecified atom stereocenters. The molecular formula is C21H28S. The first-order valence-electron chi connectivity index (χ1n) is 8.01. The Balaban J connectivity index is 2.05. The van der Waals surface area contributed by atoms with Gasteiger partial charge in [0.2, 0.25) is 0 Å². The van der Waals surface area contributed by atoms with Crippen molar-refractivity contribution in [3.05, 3.63) is 65.2 Å². The molecule has 0 bridgehead atoms. The lowest BCUT2D eigenvalue weighted by atomic mass is 9.86. The molecule has 0 nitrogen and oxygen atoms in total. The predicted molar refractivity (Wildman–Crippen MR) is 100 cm³/mol. The van der Waals surface area contributed by atoms with Crippen LogP contribution in [0, 0.1) is 0 Å². The van der Waals surface area contributed by atoms with Gasteiger partial charge in [-0.25, -0.2) is 0 Å². The van der Waals surface area contributed by atoms with Crippen molar-refractivity contribution in [2.45, 2.75) is 63.0 Å². The van der Waals surface area contributed by atoms with Crippen LogP contribution in [0.4, 0.5) is 0 Å². The van der Waals surface area contributed by atoms with Crippen molar-refractivity contribution in [2.24, 2.45) is 0 Å². The summed E-state index contributed by atoms with van der Waals surface area (Å²) in [6.45, 7) is 13.5. The average Bonchev–Trinajstić information content (AvgIpc) is 2.39. The van der Waals surface area contributed by atoms with Crippen LogP contribution in [0.25, 0.3) is 0 Å². The Hall–Kier alpha value is -1.21. The molecule has 0 aliphatic rings. The second-order valence-corrected chi connectivity index (χ2v) is 9.88. The third-order valence-corrected chi connectivity index (χ3v) is 4.70. The van der Waals surface area contributed by atoms with Gasteiger partial charge in [-0.1, -0.05) is 77.9 Å². The largest absolute Gasteiger partial charge is 0.120 e. The van der Waals surface area contributed by atoms with Gasteiger partial charge in [0.25, 0.3) is 0 Å². The molecule has 118 valence electrons. The van der Waals surface area contributed by atoms with Crippen LogP contribution in [0.3, 0.4) is 0 Å². The summed E-state index contributed by atoms with van der Waals surface area (Å²) in [4.78, 5) is 1.35. The SMILES string of the molecule is CC(C)(C)Sc1ccc(Cc2ccc(C(C)(C)C)cc2)cc1. The van der Waals surface area contributed by atoms with Crippen LogP contribution in [0.1, 0.15) is 58.2 Å². The molecule has 0 N–H and O–H groups in total. The fourth-order valence-electron chi connectivity index (χ4n) is 2.39. The zero-order chi connectivity index (χ0) is 16.4. The van der Waals surface area contributed by atoms with E-state index in [1.807, 2.05) is 11.8 Å². The average molecular weight is 313 g/mol. The Labute approximate surface area is 140 Å². The Morgan fingerprint density at radius 2 is 1.14 bits per heavy atom. The summed E-state index contributed by atoms with van der Waals surface area (Å²) in [7, 11) is 0. The molecule has 1 heteroatoms. The highest BCUT2D eigenvalue weighted by molar-refractivity contribution is 8.00.